The first-order valence-corrected chi connectivity index (χ1v) is 10.5. The van der Waals surface area contributed by atoms with Gasteiger partial charge >= 0.3 is 0 Å². The van der Waals surface area contributed by atoms with E-state index in [4.69, 9.17) is 15.0 Å². The van der Waals surface area contributed by atoms with Crippen LogP contribution in [0.5, 0.6) is 0 Å². The number of pyridine rings is 2. The average Bonchev–Trinajstić information content (AvgIpc) is 2.87. The summed E-state index contributed by atoms with van der Waals surface area (Å²) in [5, 5.41) is 5.23. The predicted octanol–water partition coefficient (Wildman–Crippen LogP) is 6.50. The molecule has 4 nitrogen and oxygen atoms in total. The molecule has 3 heterocycles. The Labute approximate surface area is 183 Å². The van der Waals surface area contributed by atoms with Gasteiger partial charge in [0.25, 0.3) is 0 Å². The fourth-order valence-electron chi connectivity index (χ4n) is 4.45. The van der Waals surface area contributed by atoms with E-state index in [9.17, 15) is 0 Å². The quantitative estimate of drug-likeness (QED) is 0.177. The Kier molecular flexibility index (Phi) is 3.52. The SMILES string of the molecule is [c-]1cccc2c1c1nc(-c3ccccn3)ccc1c1nc3cc4ccccc4cc3nc21. The van der Waals surface area contributed by atoms with Crippen molar-refractivity contribution in [3.63, 3.8) is 0 Å². The minimum Gasteiger partial charge on any atom is -0.294 e. The van der Waals surface area contributed by atoms with E-state index in [1.165, 1.54) is 0 Å². The summed E-state index contributed by atoms with van der Waals surface area (Å²) in [5.74, 6) is 0. The summed E-state index contributed by atoms with van der Waals surface area (Å²) < 4.78 is 0. The zero-order chi connectivity index (χ0) is 21.1. The minimum atomic E-state index is 0.829. The van der Waals surface area contributed by atoms with Gasteiger partial charge in [-0.1, -0.05) is 41.8 Å². The van der Waals surface area contributed by atoms with E-state index in [2.05, 4.69) is 47.4 Å². The molecule has 0 fully saturated rings. The fraction of sp³-hybridized carbons (Fsp3) is 0. The Morgan fingerprint density at radius 3 is 2.06 bits per heavy atom. The van der Waals surface area contributed by atoms with Crippen molar-refractivity contribution in [1.29, 1.82) is 0 Å². The lowest BCUT2D eigenvalue weighted by Gasteiger charge is -2.16. The van der Waals surface area contributed by atoms with Crippen LogP contribution >= 0.6 is 0 Å². The largest absolute Gasteiger partial charge is 0.294 e. The molecule has 0 aliphatic rings. The van der Waals surface area contributed by atoms with E-state index in [1.807, 2.05) is 48.5 Å². The highest BCUT2D eigenvalue weighted by Crippen LogP contribution is 2.34. The van der Waals surface area contributed by atoms with Crippen molar-refractivity contribution >= 4 is 54.5 Å². The normalized spacial score (nSPS) is 11.8. The maximum atomic E-state index is 5.08. The van der Waals surface area contributed by atoms with Crippen molar-refractivity contribution < 1.29 is 0 Å². The zero-order valence-corrected chi connectivity index (χ0v) is 16.9. The van der Waals surface area contributed by atoms with Crippen molar-refractivity contribution in [2.45, 2.75) is 0 Å². The number of hydrogen-bond acceptors (Lipinski definition) is 4. The first-order valence-electron chi connectivity index (χ1n) is 10.5. The highest BCUT2D eigenvalue weighted by molar-refractivity contribution is 6.22. The average molecular weight is 407 g/mol. The van der Waals surface area contributed by atoms with Crippen LogP contribution in [0.4, 0.5) is 0 Å². The molecule has 0 saturated heterocycles. The smallest absolute Gasteiger partial charge is 0.0900 e. The van der Waals surface area contributed by atoms with Crippen LogP contribution in [0.2, 0.25) is 0 Å². The number of hydrogen-bond donors (Lipinski definition) is 0. The maximum Gasteiger partial charge on any atom is 0.0900 e. The Hall–Kier alpha value is -4.44. The van der Waals surface area contributed by atoms with Crippen LogP contribution in [0.3, 0.4) is 0 Å². The second kappa shape index (κ2) is 6.53. The third-order valence-electron chi connectivity index (χ3n) is 5.96. The van der Waals surface area contributed by atoms with E-state index >= 15 is 0 Å². The molecule has 0 bridgehead atoms. The molecule has 0 aliphatic heterocycles. The Balaban J connectivity index is 1.64. The molecule has 0 amide bonds. The number of rotatable bonds is 1. The lowest BCUT2D eigenvalue weighted by atomic mass is 10.0. The lowest BCUT2D eigenvalue weighted by Crippen LogP contribution is -1.94. The second-order valence-electron chi connectivity index (χ2n) is 7.88. The monoisotopic (exact) mass is 407 g/mol. The van der Waals surface area contributed by atoms with Gasteiger partial charge in [-0.15, -0.1) is 29.7 Å². The standard InChI is InChI=1S/C28H15N4/c1-2-8-18-16-25-24(15-17(18)7-1)31-27-20-10-4-3-9-19(20)26-21(28(27)32-25)12-13-23(30-26)22-11-5-6-14-29-22/h1-8,10-16H/q-1. The summed E-state index contributed by atoms with van der Waals surface area (Å²) in [6, 6.07) is 31.8. The van der Waals surface area contributed by atoms with Gasteiger partial charge in [-0.25, -0.2) is 4.98 Å². The number of fused-ring (bicyclic) bond motifs is 8. The van der Waals surface area contributed by atoms with Gasteiger partial charge in [0.05, 0.1) is 33.5 Å². The third-order valence-corrected chi connectivity index (χ3v) is 5.96. The third kappa shape index (κ3) is 2.50. The molecule has 4 aromatic carbocycles. The number of nitrogens with zero attached hydrogens (tertiary/aromatic N) is 4. The molecule has 0 unspecified atom stereocenters. The Morgan fingerprint density at radius 1 is 0.562 bits per heavy atom. The van der Waals surface area contributed by atoms with E-state index < -0.39 is 0 Å². The van der Waals surface area contributed by atoms with Gasteiger partial charge < -0.3 is 0 Å². The molecule has 0 atom stereocenters. The van der Waals surface area contributed by atoms with Crippen molar-refractivity contribution in [2.75, 3.05) is 0 Å². The maximum absolute atomic E-state index is 5.08. The van der Waals surface area contributed by atoms with E-state index in [0.29, 0.717) is 0 Å². The van der Waals surface area contributed by atoms with Crippen LogP contribution in [-0.2, 0) is 0 Å². The molecule has 4 heteroatoms. The topological polar surface area (TPSA) is 51.6 Å². The summed E-state index contributed by atoms with van der Waals surface area (Å²) in [7, 11) is 0. The van der Waals surface area contributed by atoms with Gasteiger partial charge in [-0.05, 0) is 52.0 Å². The van der Waals surface area contributed by atoms with Gasteiger partial charge in [0, 0.05) is 6.20 Å². The van der Waals surface area contributed by atoms with Crippen LogP contribution in [-0.4, -0.2) is 19.9 Å². The summed E-state index contributed by atoms with van der Waals surface area (Å²) >= 11 is 0. The van der Waals surface area contributed by atoms with Crippen molar-refractivity contribution in [1.82, 2.24) is 19.9 Å². The van der Waals surface area contributed by atoms with Gasteiger partial charge in [0.2, 0.25) is 0 Å². The molecule has 0 saturated carbocycles. The minimum absolute atomic E-state index is 0.829. The highest BCUT2D eigenvalue weighted by atomic mass is 14.8. The van der Waals surface area contributed by atoms with Gasteiger partial charge in [-0.3, -0.25) is 15.0 Å². The molecule has 0 radical (unpaired) electrons. The molecule has 0 N–H and O–H groups in total. The Morgan fingerprint density at radius 2 is 1.31 bits per heavy atom. The molecule has 32 heavy (non-hydrogen) atoms. The van der Waals surface area contributed by atoms with E-state index in [1.54, 1.807) is 6.20 Å². The van der Waals surface area contributed by atoms with Crippen LogP contribution in [0.15, 0.2) is 91.1 Å². The van der Waals surface area contributed by atoms with Gasteiger partial charge in [0.15, 0.2) is 0 Å². The molecule has 3 aromatic heterocycles. The first-order chi connectivity index (χ1) is 15.8. The van der Waals surface area contributed by atoms with Crippen molar-refractivity contribution in [3.05, 3.63) is 97.2 Å². The highest BCUT2D eigenvalue weighted by Gasteiger charge is 2.11. The van der Waals surface area contributed by atoms with E-state index in [-0.39, 0.29) is 0 Å². The molecule has 0 aliphatic carbocycles. The summed E-state index contributed by atoms with van der Waals surface area (Å²) in [6.45, 7) is 0. The molecular weight excluding hydrogens is 392 g/mol. The fourth-order valence-corrected chi connectivity index (χ4v) is 4.45. The second-order valence-corrected chi connectivity index (χ2v) is 7.88. The number of benzene rings is 4. The van der Waals surface area contributed by atoms with Gasteiger partial charge in [-0.2, -0.15) is 0 Å². The summed E-state index contributed by atoms with van der Waals surface area (Å²) in [6.07, 6.45) is 1.79. The Bertz CT molecular complexity index is 1830. The lowest BCUT2D eigenvalue weighted by molar-refractivity contribution is 1.28. The molecule has 7 aromatic rings. The molecule has 148 valence electrons. The molecule has 7 rings (SSSR count). The van der Waals surface area contributed by atoms with Crippen LogP contribution < -0.4 is 0 Å². The van der Waals surface area contributed by atoms with E-state index in [0.717, 1.165) is 65.9 Å². The first kappa shape index (κ1) is 17.3. The van der Waals surface area contributed by atoms with Crippen molar-refractivity contribution in [2.24, 2.45) is 0 Å². The van der Waals surface area contributed by atoms with Crippen LogP contribution in [0.1, 0.15) is 0 Å². The molecule has 0 spiro atoms. The molecular formula is C28H15N4-. The number of aromatic nitrogens is 4. The van der Waals surface area contributed by atoms with Crippen LogP contribution in [0, 0.1) is 6.07 Å². The van der Waals surface area contributed by atoms with Gasteiger partial charge in [0.1, 0.15) is 0 Å². The summed E-state index contributed by atoms with van der Waals surface area (Å²) in [5.41, 5.74) is 6.04. The summed E-state index contributed by atoms with van der Waals surface area (Å²) in [4.78, 5) is 19.6. The van der Waals surface area contributed by atoms with Crippen LogP contribution in [0.25, 0.3) is 65.9 Å². The predicted molar refractivity (Wildman–Crippen MR) is 129 cm³/mol. The zero-order valence-electron chi connectivity index (χ0n) is 16.9. The van der Waals surface area contributed by atoms with Crippen molar-refractivity contribution in [3.8, 4) is 11.4 Å².